The number of nitrogens with one attached hydrogen (secondary N) is 1. The molecule has 0 aliphatic carbocycles. The molecule has 2 rings (SSSR count). The van der Waals surface area contributed by atoms with Crippen LogP contribution >= 0.6 is 22.6 Å². The molecule has 0 bridgehead atoms. The lowest BCUT2D eigenvalue weighted by Gasteiger charge is -2.31. The Hall–Kier alpha value is -0.160. The molecule has 0 fully saturated rings. The molecule has 1 aromatic rings. The third kappa shape index (κ3) is 1.35. The van der Waals surface area contributed by atoms with E-state index in [1.54, 1.807) is 0 Å². The average Bonchev–Trinajstić information content (AvgIpc) is 2.04. The first-order valence-electron chi connectivity index (χ1n) is 4.07. The van der Waals surface area contributed by atoms with E-state index in [2.05, 4.69) is 45.9 Å². The van der Waals surface area contributed by atoms with Crippen LogP contribution in [0.2, 0.25) is 0 Å². The highest BCUT2D eigenvalue weighted by Crippen LogP contribution is 2.33. The molecule has 1 atom stereocenters. The van der Waals surface area contributed by atoms with Crippen LogP contribution < -0.4 is 5.32 Å². The zero-order valence-corrected chi connectivity index (χ0v) is 9.13. The van der Waals surface area contributed by atoms with Gasteiger partial charge in [0, 0.05) is 18.9 Å². The van der Waals surface area contributed by atoms with E-state index in [4.69, 9.17) is 0 Å². The van der Waals surface area contributed by atoms with Crippen molar-refractivity contribution in [2.75, 3.05) is 6.54 Å². The fraction of sp³-hybridized carbons (Fsp3) is 0.444. The molecule has 1 unspecified atom stereocenters. The van der Waals surface area contributed by atoms with Gasteiger partial charge in [-0.15, -0.1) is 0 Å². The smallest absolute Gasteiger partial charge is 0.0935 e. The highest BCUT2D eigenvalue weighted by molar-refractivity contribution is 14.1. The molecule has 2 nitrogen and oxygen atoms in total. The Labute approximate surface area is 85.9 Å². The lowest BCUT2D eigenvalue weighted by atomic mass is 9.98. The van der Waals surface area contributed by atoms with Crippen LogP contribution in [-0.2, 0) is 9.97 Å². The number of fused-ring (bicyclic) bond motifs is 1. The van der Waals surface area contributed by atoms with Crippen molar-refractivity contribution in [3.63, 3.8) is 0 Å². The van der Waals surface area contributed by atoms with Gasteiger partial charge in [-0.1, -0.05) is 22.6 Å². The molecule has 1 aromatic heterocycles. The zero-order valence-electron chi connectivity index (χ0n) is 6.97. The number of hydrogen-bond donors (Lipinski definition) is 1. The Kier molecular flexibility index (Phi) is 2.08. The maximum Gasteiger partial charge on any atom is 0.0935 e. The van der Waals surface area contributed by atoms with Crippen molar-refractivity contribution in [2.24, 2.45) is 0 Å². The summed E-state index contributed by atoms with van der Waals surface area (Å²) in [6, 6.07) is 2.11. The van der Waals surface area contributed by atoms with E-state index in [9.17, 15) is 0 Å². The number of pyridine rings is 1. The number of aromatic nitrogens is 1. The van der Waals surface area contributed by atoms with Gasteiger partial charge in [0.05, 0.1) is 3.55 Å². The molecule has 0 aromatic carbocycles. The van der Waals surface area contributed by atoms with Crippen LogP contribution in [0.25, 0.3) is 0 Å². The van der Waals surface area contributed by atoms with Crippen molar-refractivity contribution in [1.82, 2.24) is 10.3 Å². The molecule has 64 valence electrons. The predicted octanol–water partition coefficient (Wildman–Crippen LogP) is 1.83. The highest BCUT2D eigenvalue weighted by atomic mass is 127. The van der Waals surface area contributed by atoms with Crippen molar-refractivity contribution in [2.45, 2.75) is 16.9 Å². The predicted molar refractivity (Wildman–Crippen MR) is 57.3 cm³/mol. The van der Waals surface area contributed by atoms with Gasteiger partial charge < -0.3 is 0 Å². The Morgan fingerprint density at radius 3 is 3.25 bits per heavy atom. The van der Waals surface area contributed by atoms with Gasteiger partial charge in [-0.05, 0) is 30.5 Å². The summed E-state index contributed by atoms with van der Waals surface area (Å²) in [5.74, 6) is 0. The Morgan fingerprint density at radius 2 is 2.50 bits per heavy atom. The topological polar surface area (TPSA) is 24.9 Å². The van der Waals surface area contributed by atoms with Crippen LogP contribution in [0, 0.1) is 0 Å². The molecule has 0 radical (unpaired) electrons. The molecule has 0 saturated heterocycles. The Morgan fingerprint density at radius 1 is 1.67 bits per heavy atom. The number of hydrogen-bond acceptors (Lipinski definition) is 2. The van der Waals surface area contributed by atoms with Crippen molar-refractivity contribution in [1.29, 1.82) is 0 Å². The second-order valence-electron chi connectivity index (χ2n) is 3.21. The lowest BCUT2D eigenvalue weighted by molar-refractivity contribution is 0.516. The minimum atomic E-state index is 0.0916. The molecular weight excluding hydrogens is 263 g/mol. The van der Waals surface area contributed by atoms with Crippen molar-refractivity contribution in [3.8, 4) is 0 Å². The molecule has 1 N–H and O–H groups in total. The van der Waals surface area contributed by atoms with E-state index in [1.807, 2.05) is 12.4 Å². The van der Waals surface area contributed by atoms with Gasteiger partial charge in [-0.2, -0.15) is 0 Å². The van der Waals surface area contributed by atoms with E-state index >= 15 is 0 Å². The number of nitrogens with zero attached hydrogens (tertiary/aromatic N) is 1. The third-order valence-electron chi connectivity index (χ3n) is 2.26. The zero-order chi connectivity index (χ0) is 8.60. The molecule has 12 heavy (non-hydrogen) atoms. The van der Waals surface area contributed by atoms with Crippen LogP contribution in [-0.4, -0.2) is 11.5 Å². The van der Waals surface area contributed by atoms with Crippen molar-refractivity contribution >= 4 is 22.6 Å². The maximum absolute atomic E-state index is 4.13. The van der Waals surface area contributed by atoms with Crippen LogP contribution in [0.4, 0.5) is 0 Å². The van der Waals surface area contributed by atoms with E-state index in [-0.39, 0.29) is 3.55 Å². The third-order valence-corrected chi connectivity index (χ3v) is 3.22. The molecule has 3 heteroatoms. The summed E-state index contributed by atoms with van der Waals surface area (Å²) in [6.45, 7) is 3.25. The summed E-state index contributed by atoms with van der Waals surface area (Å²) < 4.78 is 0.0916. The first kappa shape index (κ1) is 8.44. The van der Waals surface area contributed by atoms with Gasteiger partial charge in [0.2, 0.25) is 0 Å². The molecule has 0 saturated carbocycles. The second kappa shape index (κ2) is 2.96. The molecule has 0 spiro atoms. The molecular formula is C9H11IN2. The minimum Gasteiger partial charge on any atom is -0.299 e. The van der Waals surface area contributed by atoms with Crippen LogP contribution in [0.5, 0.6) is 0 Å². The average molecular weight is 274 g/mol. The van der Waals surface area contributed by atoms with E-state index in [1.165, 1.54) is 11.1 Å². The van der Waals surface area contributed by atoms with Gasteiger partial charge in [-0.3, -0.25) is 10.3 Å². The van der Waals surface area contributed by atoms with Crippen molar-refractivity contribution in [3.05, 3.63) is 29.6 Å². The highest BCUT2D eigenvalue weighted by Gasteiger charge is 2.27. The van der Waals surface area contributed by atoms with Gasteiger partial charge >= 0.3 is 0 Å². The normalized spacial score (nSPS) is 28.2. The summed E-state index contributed by atoms with van der Waals surface area (Å²) in [5.41, 5.74) is 2.76. The van der Waals surface area contributed by atoms with Gasteiger partial charge in [0.1, 0.15) is 0 Å². The summed E-state index contributed by atoms with van der Waals surface area (Å²) in [6.07, 6.45) is 4.94. The standard InChI is InChI=1S/C9H11IN2/c1-9(10)8-3-4-11-6-7(8)2-5-12-9/h3-4,6,12H,2,5H2,1H3. The summed E-state index contributed by atoms with van der Waals surface area (Å²) in [7, 11) is 0. The van der Waals surface area contributed by atoms with Gasteiger partial charge in [0.15, 0.2) is 0 Å². The number of rotatable bonds is 0. The van der Waals surface area contributed by atoms with Crippen molar-refractivity contribution < 1.29 is 0 Å². The quantitative estimate of drug-likeness (QED) is 0.443. The molecule has 1 aliphatic rings. The van der Waals surface area contributed by atoms with Gasteiger partial charge in [0.25, 0.3) is 0 Å². The van der Waals surface area contributed by atoms with E-state index in [0.717, 1.165) is 13.0 Å². The monoisotopic (exact) mass is 274 g/mol. The first-order valence-corrected chi connectivity index (χ1v) is 5.15. The molecule has 2 heterocycles. The summed E-state index contributed by atoms with van der Waals surface area (Å²) >= 11 is 2.44. The molecule has 0 amide bonds. The minimum absolute atomic E-state index is 0.0916. The maximum atomic E-state index is 4.13. The second-order valence-corrected chi connectivity index (χ2v) is 5.37. The molecule has 1 aliphatic heterocycles. The number of halogens is 1. The number of alkyl halides is 1. The van der Waals surface area contributed by atoms with E-state index in [0.29, 0.717) is 0 Å². The lowest BCUT2D eigenvalue weighted by Crippen LogP contribution is -2.39. The summed E-state index contributed by atoms with van der Waals surface area (Å²) in [5, 5.41) is 3.47. The fourth-order valence-corrected chi connectivity index (χ4v) is 2.41. The van der Waals surface area contributed by atoms with E-state index < -0.39 is 0 Å². The van der Waals surface area contributed by atoms with Gasteiger partial charge in [-0.25, -0.2) is 0 Å². The first-order chi connectivity index (χ1) is 5.70. The Balaban J connectivity index is 2.52. The van der Waals surface area contributed by atoms with Crippen LogP contribution in [0.15, 0.2) is 18.5 Å². The largest absolute Gasteiger partial charge is 0.299 e. The summed E-state index contributed by atoms with van der Waals surface area (Å²) in [4.78, 5) is 4.13. The SMILES string of the molecule is CC1(I)NCCc2cnccc21. The Bertz CT molecular complexity index is 296. The van der Waals surface area contributed by atoms with Crippen LogP contribution in [0.3, 0.4) is 0 Å². The fourth-order valence-electron chi connectivity index (χ4n) is 1.61. The van der Waals surface area contributed by atoms with Crippen LogP contribution in [0.1, 0.15) is 18.1 Å².